The molecular formula is C25H22FNO7S. The summed E-state index contributed by atoms with van der Waals surface area (Å²) in [5.41, 5.74) is 0.440. The first-order valence-electron chi connectivity index (χ1n) is 10.4. The number of aliphatic hydroxyl groups excluding tert-OH is 1. The molecule has 182 valence electrons. The van der Waals surface area contributed by atoms with Crippen LogP contribution >= 0.6 is 0 Å². The van der Waals surface area contributed by atoms with Crippen molar-refractivity contribution in [2.24, 2.45) is 0 Å². The molecule has 10 heteroatoms. The van der Waals surface area contributed by atoms with E-state index in [2.05, 4.69) is 0 Å². The van der Waals surface area contributed by atoms with Crippen LogP contribution in [0.2, 0.25) is 0 Å². The third kappa shape index (κ3) is 4.06. The van der Waals surface area contributed by atoms with Crippen molar-refractivity contribution in [2.75, 3.05) is 26.2 Å². The fourth-order valence-electron chi connectivity index (χ4n) is 4.01. The van der Waals surface area contributed by atoms with Crippen LogP contribution in [-0.4, -0.2) is 40.8 Å². The van der Waals surface area contributed by atoms with Crippen LogP contribution in [0.15, 0.2) is 82.3 Å². The molecule has 1 atom stereocenters. The van der Waals surface area contributed by atoms with Crippen molar-refractivity contribution >= 4 is 21.4 Å². The molecule has 0 saturated carbocycles. The van der Waals surface area contributed by atoms with Crippen molar-refractivity contribution in [3.8, 4) is 17.2 Å². The van der Waals surface area contributed by atoms with Gasteiger partial charge in [-0.15, -0.1) is 0 Å². The summed E-state index contributed by atoms with van der Waals surface area (Å²) in [6.07, 6.45) is 0. The molecule has 35 heavy (non-hydrogen) atoms. The minimum absolute atomic E-state index is 0.104. The maximum absolute atomic E-state index is 13.7. The Kier molecular flexibility index (Phi) is 6.40. The van der Waals surface area contributed by atoms with Crippen LogP contribution in [0.5, 0.6) is 17.2 Å². The van der Waals surface area contributed by atoms with E-state index in [0.717, 1.165) is 17.0 Å². The first-order chi connectivity index (χ1) is 16.7. The van der Waals surface area contributed by atoms with E-state index in [9.17, 15) is 22.7 Å². The SMILES string of the molecule is COc1cc([C@H]2C(S(=O)(=O)c3ccccc3)=C(O)C(=O)N2c2ccc(F)cc2)cc(OC)c1OC. The number of carbonyl (C=O) groups excluding carboxylic acids is 1. The molecule has 0 aliphatic carbocycles. The Balaban J connectivity index is 2.01. The molecule has 0 unspecified atom stereocenters. The van der Waals surface area contributed by atoms with Crippen LogP contribution in [0.25, 0.3) is 0 Å². The summed E-state index contributed by atoms with van der Waals surface area (Å²) in [5, 5.41) is 10.9. The smallest absolute Gasteiger partial charge is 0.295 e. The van der Waals surface area contributed by atoms with E-state index in [0.29, 0.717) is 0 Å². The third-order valence-corrected chi connectivity index (χ3v) is 7.50. The van der Waals surface area contributed by atoms with E-state index in [1.165, 1.54) is 69.9 Å². The fourth-order valence-corrected chi connectivity index (χ4v) is 5.66. The quantitative estimate of drug-likeness (QED) is 0.520. The molecule has 3 aromatic rings. The summed E-state index contributed by atoms with van der Waals surface area (Å²) in [7, 11) is -0.131. The molecule has 1 N–H and O–H groups in total. The Bertz CT molecular complexity index is 1380. The van der Waals surface area contributed by atoms with Crippen LogP contribution in [-0.2, 0) is 14.6 Å². The Morgan fingerprint density at radius 1 is 0.886 bits per heavy atom. The third-order valence-electron chi connectivity index (χ3n) is 5.61. The van der Waals surface area contributed by atoms with Gasteiger partial charge in [0.25, 0.3) is 5.91 Å². The van der Waals surface area contributed by atoms with E-state index in [4.69, 9.17) is 14.2 Å². The molecule has 0 fully saturated rings. The number of halogens is 1. The molecule has 0 spiro atoms. The van der Waals surface area contributed by atoms with Gasteiger partial charge in [0, 0.05) is 5.69 Å². The molecule has 3 aromatic carbocycles. The molecule has 0 aromatic heterocycles. The van der Waals surface area contributed by atoms with Crippen LogP contribution in [0.3, 0.4) is 0 Å². The molecule has 1 heterocycles. The van der Waals surface area contributed by atoms with Gasteiger partial charge in [0.15, 0.2) is 17.3 Å². The van der Waals surface area contributed by atoms with Gasteiger partial charge in [0.2, 0.25) is 15.6 Å². The number of aliphatic hydroxyl groups is 1. The minimum atomic E-state index is -4.34. The van der Waals surface area contributed by atoms with E-state index in [-0.39, 0.29) is 33.4 Å². The van der Waals surface area contributed by atoms with Crippen molar-refractivity contribution < 1.29 is 36.9 Å². The Morgan fingerprint density at radius 3 is 1.97 bits per heavy atom. The summed E-state index contributed by atoms with van der Waals surface area (Å²) in [4.78, 5) is 13.7. The maximum atomic E-state index is 13.7. The predicted octanol–water partition coefficient (Wildman–Crippen LogP) is 4.18. The highest BCUT2D eigenvalue weighted by atomic mass is 32.2. The molecule has 8 nitrogen and oxygen atoms in total. The van der Waals surface area contributed by atoms with E-state index < -0.39 is 38.3 Å². The number of sulfone groups is 1. The second-order valence-corrected chi connectivity index (χ2v) is 9.46. The Labute approximate surface area is 201 Å². The molecule has 0 saturated heterocycles. The number of nitrogens with zero attached hydrogens (tertiary/aromatic N) is 1. The number of anilines is 1. The zero-order valence-electron chi connectivity index (χ0n) is 19.1. The molecule has 0 radical (unpaired) electrons. The van der Waals surface area contributed by atoms with Crippen molar-refractivity contribution in [1.29, 1.82) is 0 Å². The molecule has 1 amide bonds. The number of methoxy groups -OCH3 is 3. The van der Waals surface area contributed by atoms with Gasteiger partial charge < -0.3 is 19.3 Å². The van der Waals surface area contributed by atoms with Crippen molar-refractivity contribution in [3.05, 3.63) is 88.8 Å². The first kappa shape index (κ1) is 24.1. The van der Waals surface area contributed by atoms with Crippen molar-refractivity contribution in [1.82, 2.24) is 0 Å². The largest absolute Gasteiger partial charge is 0.502 e. The summed E-state index contributed by atoms with van der Waals surface area (Å²) >= 11 is 0. The van der Waals surface area contributed by atoms with Gasteiger partial charge in [0.1, 0.15) is 16.8 Å². The summed E-state index contributed by atoms with van der Waals surface area (Å²) in [6.45, 7) is 0. The Morgan fingerprint density at radius 2 is 1.46 bits per heavy atom. The number of ether oxygens (including phenoxy) is 3. The minimum Gasteiger partial charge on any atom is -0.502 e. The van der Waals surface area contributed by atoms with Crippen LogP contribution in [0.1, 0.15) is 11.6 Å². The summed E-state index contributed by atoms with van der Waals surface area (Å²) < 4.78 is 57.2. The van der Waals surface area contributed by atoms with Gasteiger partial charge in [-0.05, 0) is 54.1 Å². The average Bonchev–Trinajstić information content (AvgIpc) is 3.15. The van der Waals surface area contributed by atoms with Crippen LogP contribution < -0.4 is 19.1 Å². The van der Waals surface area contributed by atoms with Gasteiger partial charge in [-0.25, -0.2) is 12.8 Å². The zero-order valence-corrected chi connectivity index (χ0v) is 19.9. The fraction of sp³-hybridized carbons (Fsp3) is 0.160. The van der Waals surface area contributed by atoms with Gasteiger partial charge >= 0.3 is 0 Å². The number of carbonyl (C=O) groups is 1. The maximum Gasteiger partial charge on any atom is 0.295 e. The lowest BCUT2D eigenvalue weighted by atomic mass is 10.0. The van der Waals surface area contributed by atoms with Crippen LogP contribution in [0.4, 0.5) is 10.1 Å². The van der Waals surface area contributed by atoms with Gasteiger partial charge in [0.05, 0.1) is 26.2 Å². The highest BCUT2D eigenvalue weighted by Crippen LogP contribution is 2.48. The van der Waals surface area contributed by atoms with E-state index >= 15 is 0 Å². The molecular weight excluding hydrogens is 477 g/mol. The van der Waals surface area contributed by atoms with Crippen molar-refractivity contribution in [2.45, 2.75) is 10.9 Å². The van der Waals surface area contributed by atoms with Gasteiger partial charge in [-0.3, -0.25) is 9.69 Å². The molecule has 0 bridgehead atoms. The highest BCUT2D eigenvalue weighted by molar-refractivity contribution is 7.95. The normalized spacial score (nSPS) is 15.9. The Hall–Kier alpha value is -4.05. The second-order valence-electron chi connectivity index (χ2n) is 7.54. The topological polar surface area (TPSA) is 102 Å². The summed E-state index contributed by atoms with van der Waals surface area (Å²) in [5.74, 6) is -1.73. The lowest BCUT2D eigenvalue weighted by molar-refractivity contribution is -0.117. The van der Waals surface area contributed by atoms with Crippen LogP contribution in [0, 0.1) is 5.82 Å². The van der Waals surface area contributed by atoms with E-state index in [1.807, 2.05) is 0 Å². The number of benzene rings is 3. The van der Waals surface area contributed by atoms with Gasteiger partial charge in [-0.2, -0.15) is 0 Å². The zero-order chi connectivity index (χ0) is 25.3. The highest BCUT2D eigenvalue weighted by Gasteiger charge is 2.48. The second kappa shape index (κ2) is 9.30. The molecule has 4 rings (SSSR count). The van der Waals surface area contributed by atoms with Crippen molar-refractivity contribution in [3.63, 3.8) is 0 Å². The number of amides is 1. The molecule has 1 aliphatic heterocycles. The lowest BCUT2D eigenvalue weighted by Gasteiger charge is -2.28. The average molecular weight is 500 g/mol. The predicted molar refractivity (Wildman–Crippen MR) is 126 cm³/mol. The lowest BCUT2D eigenvalue weighted by Crippen LogP contribution is -2.31. The monoisotopic (exact) mass is 499 g/mol. The first-order valence-corrected chi connectivity index (χ1v) is 11.8. The van der Waals surface area contributed by atoms with E-state index in [1.54, 1.807) is 6.07 Å². The number of hydrogen-bond donors (Lipinski definition) is 1. The standard InChI is InChI=1S/C25H22FNO7S/c1-32-19-13-15(14-20(33-2)23(19)34-3)21-24(35(30,31)18-7-5-4-6-8-18)22(28)25(29)27(21)17-11-9-16(26)10-12-17/h4-14,21,28H,1-3H3/t21-/m0/s1. The summed E-state index contributed by atoms with van der Waals surface area (Å²) in [6, 6.07) is 14.0. The number of rotatable bonds is 7. The van der Waals surface area contributed by atoms with Gasteiger partial charge in [-0.1, -0.05) is 18.2 Å². The number of hydrogen-bond acceptors (Lipinski definition) is 7. The molecule has 1 aliphatic rings.